The molecule has 0 fully saturated rings. The molecule has 0 saturated carbocycles. The number of carbonyl (C=O) groups excluding carboxylic acids is 1. The average molecular weight is 163 g/mol. The van der Waals surface area contributed by atoms with E-state index in [1.54, 1.807) is 0 Å². The molecule has 0 aliphatic carbocycles. The summed E-state index contributed by atoms with van der Waals surface area (Å²) in [4.78, 5) is 20.6. The monoisotopic (exact) mass is 163 g/mol. The Morgan fingerprint density at radius 2 is 2.20 bits per heavy atom. The second kappa shape index (κ2) is 4.16. The Morgan fingerprint density at radius 1 is 1.70 bits per heavy atom. The van der Waals surface area contributed by atoms with E-state index in [0.717, 1.165) is 0 Å². The van der Waals surface area contributed by atoms with Crippen molar-refractivity contribution in [2.24, 2.45) is 0 Å². The zero-order chi connectivity index (χ0) is 8.15. The van der Waals surface area contributed by atoms with Crippen molar-refractivity contribution < 1.29 is 14.7 Å². The van der Waals surface area contributed by atoms with Crippen molar-refractivity contribution in [1.82, 2.24) is 5.32 Å². The Labute approximate surface area is 64.0 Å². The Hall–Kier alpha value is -0.710. The van der Waals surface area contributed by atoms with Gasteiger partial charge in [0.15, 0.2) is 0 Å². The number of aliphatic carboxylic acids is 1. The fourth-order valence-electron chi connectivity index (χ4n) is 0.425. The van der Waals surface area contributed by atoms with E-state index in [4.69, 9.17) is 5.11 Å². The minimum absolute atomic E-state index is 0.247. The molecule has 1 atom stereocenters. The van der Waals surface area contributed by atoms with Crippen molar-refractivity contribution in [3.63, 3.8) is 0 Å². The van der Waals surface area contributed by atoms with E-state index in [1.807, 2.05) is 0 Å². The van der Waals surface area contributed by atoms with E-state index in [1.165, 1.54) is 7.05 Å². The molecule has 0 aromatic rings. The number of carboxylic acid groups (broad SMARTS) is 1. The maximum atomic E-state index is 10.6. The number of thiol groups is 1. The van der Waals surface area contributed by atoms with Crippen LogP contribution in [-0.2, 0) is 9.59 Å². The summed E-state index contributed by atoms with van der Waals surface area (Å²) in [6.45, 7) is 0. The summed E-state index contributed by atoms with van der Waals surface area (Å²) in [5.74, 6) is -1.39. The van der Waals surface area contributed by atoms with Gasteiger partial charge < -0.3 is 10.4 Å². The van der Waals surface area contributed by atoms with Crippen LogP contribution in [0.1, 0.15) is 6.42 Å². The summed E-state index contributed by atoms with van der Waals surface area (Å²) in [6.07, 6.45) is -0.247. The quantitative estimate of drug-likeness (QED) is 0.492. The summed E-state index contributed by atoms with van der Waals surface area (Å²) in [5, 5.41) is 9.74. The van der Waals surface area contributed by atoms with E-state index in [0.29, 0.717) is 0 Å². The molecular weight excluding hydrogens is 154 g/mol. The van der Waals surface area contributed by atoms with E-state index in [9.17, 15) is 9.59 Å². The van der Waals surface area contributed by atoms with Crippen LogP contribution < -0.4 is 5.32 Å². The molecule has 0 aromatic carbocycles. The van der Waals surface area contributed by atoms with Gasteiger partial charge in [-0.05, 0) is 0 Å². The predicted octanol–water partition coefficient (Wildman–Crippen LogP) is -0.495. The molecule has 0 rings (SSSR count). The van der Waals surface area contributed by atoms with Crippen LogP contribution in [0.2, 0.25) is 0 Å². The number of hydrogen-bond acceptors (Lipinski definition) is 3. The van der Waals surface area contributed by atoms with Crippen LogP contribution in [-0.4, -0.2) is 29.3 Å². The lowest BCUT2D eigenvalue weighted by Gasteiger charge is -2.03. The molecule has 10 heavy (non-hydrogen) atoms. The summed E-state index contributed by atoms with van der Waals surface area (Å²) in [7, 11) is 1.44. The van der Waals surface area contributed by atoms with Crippen LogP contribution in [0.15, 0.2) is 0 Å². The molecule has 0 aliphatic heterocycles. The van der Waals surface area contributed by atoms with Crippen LogP contribution >= 0.6 is 12.6 Å². The van der Waals surface area contributed by atoms with E-state index in [-0.39, 0.29) is 12.3 Å². The molecule has 0 radical (unpaired) electrons. The van der Waals surface area contributed by atoms with Gasteiger partial charge in [-0.3, -0.25) is 9.59 Å². The topological polar surface area (TPSA) is 66.4 Å². The molecule has 0 aliphatic rings. The lowest BCUT2D eigenvalue weighted by atomic mass is 10.3. The zero-order valence-corrected chi connectivity index (χ0v) is 6.39. The Morgan fingerprint density at radius 3 is 2.50 bits per heavy atom. The SMILES string of the molecule is CNC(=O)C(S)CC(=O)O. The number of carbonyl (C=O) groups is 2. The van der Waals surface area contributed by atoms with Gasteiger partial charge in [0.25, 0.3) is 0 Å². The fourth-order valence-corrected chi connectivity index (χ4v) is 0.710. The van der Waals surface area contributed by atoms with E-state index in [2.05, 4.69) is 17.9 Å². The van der Waals surface area contributed by atoms with Gasteiger partial charge in [-0.2, -0.15) is 12.6 Å². The van der Waals surface area contributed by atoms with Crippen molar-refractivity contribution >= 4 is 24.5 Å². The van der Waals surface area contributed by atoms with Gasteiger partial charge in [0.1, 0.15) is 0 Å². The van der Waals surface area contributed by atoms with Crippen LogP contribution in [0.25, 0.3) is 0 Å². The van der Waals surface area contributed by atoms with Gasteiger partial charge in [-0.15, -0.1) is 0 Å². The summed E-state index contributed by atoms with van der Waals surface area (Å²) in [6, 6.07) is 0. The van der Waals surface area contributed by atoms with Crippen LogP contribution in [0.4, 0.5) is 0 Å². The first-order valence-electron chi connectivity index (χ1n) is 2.69. The normalized spacial score (nSPS) is 12.2. The summed E-state index contributed by atoms with van der Waals surface area (Å²) in [5.41, 5.74) is 0. The van der Waals surface area contributed by atoms with Crippen molar-refractivity contribution in [2.75, 3.05) is 7.05 Å². The lowest BCUT2D eigenvalue weighted by molar-refractivity contribution is -0.138. The largest absolute Gasteiger partial charge is 0.481 e. The highest BCUT2D eigenvalue weighted by molar-refractivity contribution is 7.81. The van der Waals surface area contributed by atoms with Gasteiger partial charge in [0.2, 0.25) is 5.91 Å². The van der Waals surface area contributed by atoms with Crippen LogP contribution in [0, 0.1) is 0 Å². The highest BCUT2D eigenvalue weighted by Crippen LogP contribution is 1.99. The van der Waals surface area contributed by atoms with E-state index >= 15 is 0 Å². The summed E-state index contributed by atoms with van der Waals surface area (Å²) < 4.78 is 0. The minimum atomic E-state index is -1.02. The second-order valence-electron chi connectivity index (χ2n) is 1.73. The standard InChI is InChI=1S/C5H9NO3S/c1-6-5(9)3(10)2-4(7)8/h3,10H,2H2,1H3,(H,6,9)(H,7,8). The fraction of sp³-hybridized carbons (Fsp3) is 0.600. The predicted molar refractivity (Wildman–Crippen MR) is 39.1 cm³/mol. The van der Waals surface area contributed by atoms with Crippen molar-refractivity contribution in [1.29, 1.82) is 0 Å². The first kappa shape index (κ1) is 9.29. The molecule has 4 nitrogen and oxygen atoms in total. The first-order chi connectivity index (χ1) is 4.57. The van der Waals surface area contributed by atoms with Crippen molar-refractivity contribution in [3.8, 4) is 0 Å². The van der Waals surface area contributed by atoms with Crippen molar-refractivity contribution in [3.05, 3.63) is 0 Å². The molecule has 5 heteroatoms. The molecule has 0 bridgehead atoms. The van der Waals surface area contributed by atoms with Crippen LogP contribution in [0.3, 0.4) is 0 Å². The summed E-state index contributed by atoms with van der Waals surface area (Å²) >= 11 is 3.75. The number of nitrogens with one attached hydrogen (secondary N) is 1. The highest BCUT2D eigenvalue weighted by atomic mass is 32.1. The molecule has 0 saturated heterocycles. The molecule has 0 heterocycles. The molecular formula is C5H9NO3S. The average Bonchev–Trinajstić information content (AvgIpc) is 1.85. The van der Waals surface area contributed by atoms with E-state index < -0.39 is 11.2 Å². The smallest absolute Gasteiger partial charge is 0.304 e. The van der Waals surface area contributed by atoms with Crippen molar-refractivity contribution in [2.45, 2.75) is 11.7 Å². The van der Waals surface area contributed by atoms with Gasteiger partial charge in [0, 0.05) is 7.05 Å². The Bertz CT molecular complexity index is 148. The Balaban J connectivity index is 3.72. The molecule has 0 aromatic heterocycles. The first-order valence-corrected chi connectivity index (χ1v) is 3.21. The zero-order valence-electron chi connectivity index (χ0n) is 5.50. The maximum absolute atomic E-state index is 10.6. The number of hydrogen-bond donors (Lipinski definition) is 3. The van der Waals surface area contributed by atoms with Gasteiger partial charge in [-0.1, -0.05) is 0 Å². The lowest BCUT2D eigenvalue weighted by Crippen LogP contribution is -2.29. The molecule has 1 unspecified atom stereocenters. The molecule has 0 spiro atoms. The Kier molecular flexibility index (Phi) is 3.87. The molecule has 1 amide bonds. The third-order valence-electron chi connectivity index (χ3n) is 0.917. The molecule has 58 valence electrons. The highest BCUT2D eigenvalue weighted by Gasteiger charge is 2.14. The third-order valence-corrected chi connectivity index (χ3v) is 1.33. The number of rotatable bonds is 3. The second-order valence-corrected chi connectivity index (χ2v) is 2.35. The minimum Gasteiger partial charge on any atom is -0.481 e. The number of amides is 1. The third kappa shape index (κ3) is 3.34. The maximum Gasteiger partial charge on any atom is 0.304 e. The van der Waals surface area contributed by atoms with Crippen LogP contribution in [0.5, 0.6) is 0 Å². The van der Waals surface area contributed by atoms with Gasteiger partial charge in [-0.25, -0.2) is 0 Å². The van der Waals surface area contributed by atoms with Gasteiger partial charge >= 0.3 is 5.97 Å². The van der Waals surface area contributed by atoms with Gasteiger partial charge in [0.05, 0.1) is 11.7 Å². The number of carboxylic acids is 1. The molecule has 2 N–H and O–H groups in total.